The van der Waals surface area contributed by atoms with E-state index in [4.69, 9.17) is 9.47 Å². The zero-order valence-electron chi connectivity index (χ0n) is 16.5. The molecule has 0 amide bonds. The van der Waals surface area contributed by atoms with E-state index in [1.165, 1.54) is 7.11 Å². The quantitative estimate of drug-likeness (QED) is 0.811. The van der Waals surface area contributed by atoms with Crippen molar-refractivity contribution in [2.24, 2.45) is 11.8 Å². The van der Waals surface area contributed by atoms with E-state index in [1.807, 2.05) is 39.0 Å². The van der Waals surface area contributed by atoms with Gasteiger partial charge in [0.1, 0.15) is 11.1 Å². The summed E-state index contributed by atoms with van der Waals surface area (Å²) in [5, 5.41) is 3.40. The fraction of sp³-hybridized carbons (Fsp3) is 0.650. The molecule has 3 atom stereocenters. The number of nitrogens with zero attached hydrogens (tertiary/aromatic N) is 1. The number of esters is 2. The minimum atomic E-state index is -0.942. The zero-order chi connectivity index (χ0) is 19.5. The highest BCUT2D eigenvalue weighted by molar-refractivity contribution is 5.84. The van der Waals surface area contributed by atoms with Crippen LogP contribution in [0.25, 0.3) is 0 Å². The first-order valence-electron chi connectivity index (χ1n) is 9.08. The fourth-order valence-corrected chi connectivity index (χ4v) is 3.60. The van der Waals surface area contributed by atoms with Gasteiger partial charge in [-0.25, -0.2) is 0 Å². The van der Waals surface area contributed by atoms with Gasteiger partial charge in [-0.05, 0) is 51.7 Å². The van der Waals surface area contributed by atoms with Crippen molar-refractivity contribution >= 4 is 11.9 Å². The van der Waals surface area contributed by atoms with Gasteiger partial charge in [0.2, 0.25) is 0 Å². The Labute approximate surface area is 155 Å². The lowest BCUT2D eigenvalue weighted by atomic mass is 9.84. The Kier molecular flexibility index (Phi) is 6.06. The van der Waals surface area contributed by atoms with Crippen molar-refractivity contribution in [1.29, 1.82) is 0 Å². The molecular weight excluding hydrogens is 332 g/mol. The van der Waals surface area contributed by atoms with E-state index in [1.54, 1.807) is 6.20 Å². The molecule has 6 nitrogen and oxygen atoms in total. The minimum Gasteiger partial charge on any atom is -0.469 e. The Bertz CT molecular complexity index is 639. The molecule has 0 spiro atoms. The van der Waals surface area contributed by atoms with E-state index in [0.29, 0.717) is 12.8 Å². The number of pyridine rings is 1. The largest absolute Gasteiger partial charge is 0.469 e. The molecule has 6 heteroatoms. The van der Waals surface area contributed by atoms with Gasteiger partial charge < -0.3 is 9.47 Å². The highest BCUT2D eigenvalue weighted by Gasteiger charge is 2.55. The summed E-state index contributed by atoms with van der Waals surface area (Å²) in [6.45, 7) is 9.63. The summed E-state index contributed by atoms with van der Waals surface area (Å²) in [6, 6.07) is 5.15. The van der Waals surface area contributed by atoms with Crippen LogP contribution in [0.5, 0.6) is 0 Å². The molecule has 0 radical (unpaired) electrons. The SMILES string of the molecule is COC(=O)[C@H]1C[C@@](CC(C)C)(C(=O)OC(C)(C)C)N[C@H]1c1ccccn1. The third kappa shape index (κ3) is 4.61. The van der Waals surface area contributed by atoms with E-state index in [0.717, 1.165) is 5.69 Å². The molecule has 1 N–H and O–H groups in total. The third-order valence-electron chi connectivity index (χ3n) is 4.46. The van der Waals surface area contributed by atoms with E-state index in [-0.39, 0.29) is 17.9 Å². The molecule has 0 unspecified atom stereocenters. The van der Waals surface area contributed by atoms with Crippen LogP contribution in [0.2, 0.25) is 0 Å². The maximum absolute atomic E-state index is 13.1. The molecule has 0 bridgehead atoms. The predicted octanol–water partition coefficient (Wildman–Crippen LogP) is 3.03. The van der Waals surface area contributed by atoms with Gasteiger partial charge >= 0.3 is 11.9 Å². The van der Waals surface area contributed by atoms with Gasteiger partial charge in [-0.2, -0.15) is 0 Å². The topological polar surface area (TPSA) is 77.5 Å². The average Bonchev–Trinajstić information content (AvgIpc) is 2.93. The maximum Gasteiger partial charge on any atom is 0.326 e. The molecule has 1 aliphatic heterocycles. The van der Waals surface area contributed by atoms with Crippen LogP contribution in [0.1, 0.15) is 59.2 Å². The fourth-order valence-electron chi connectivity index (χ4n) is 3.60. The Morgan fingerprint density at radius 3 is 2.54 bits per heavy atom. The first kappa shape index (κ1) is 20.4. The van der Waals surface area contributed by atoms with Crippen molar-refractivity contribution in [1.82, 2.24) is 10.3 Å². The van der Waals surface area contributed by atoms with Crippen molar-refractivity contribution in [2.75, 3.05) is 7.11 Å². The number of ether oxygens (including phenoxy) is 2. The molecule has 0 saturated carbocycles. The summed E-state index contributed by atoms with van der Waals surface area (Å²) >= 11 is 0. The Hall–Kier alpha value is -1.95. The van der Waals surface area contributed by atoms with Crippen molar-refractivity contribution < 1.29 is 19.1 Å². The summed E-state index contributed by atoms with van der Waals surface area (Å²) in [6.07, 6.45) is 2.58. The number of rotatable bonds is 5. The molecule has 144 valence electrons. The molecule has 1 aromatic heterocycles. The predicted molar refractivity (Wildman–Crippen MR) is 98.3 cm³/mol. The van der Waals surface area contributed by atoms with Crippen molar-refractivity contribution in [3.8, 4) is 0 Å². The second-order valence-electron chi connectivity index (χ2n) is 8.39. The van der Waals surface area contributed by atoms with Crippen LogP contribution in [0.4, 0.5) is 0 Å². The molecule has 0 aromatic carbocycles. The van der Waals surface area contributed by atoms with Crippen LogP contribution in [0.3, 0.4) is 0 Å². The lowest BCUT2D eigenvalue weighted by molar-refractivity contribution is -0.163. The highest BCUT2D eigenvalue weighted by atomic mass is 16.6. The molecule has 26 heavy (non-hydrogen) atoms. The lowest BCUT2D eigenvalue weighted by Crippen LogP contribution is -2.52. The van der Waals surface area contributed by atoms with Gasteiger partial charge in [0.15, 0.2) is 0 Å². The summed E-state index contributed by atoms with van der Waals surface area (Å²) in [5.74, 6) is -0.926. The summed E-state index contributed by atoms with van der Waals surface area (Å²) in [4.78, 5) is 29.9. The number of methoxy groups -OCH3 is 1. The Morgan fingerprint density at radius 2 is 2.04 bits per heavy atom. The molecular formula is C20H30N2O4. The van der Waals surface area contributed by atoms with E-state index in [9.17, 15) is 9.59 Å². The second-order valence-corrected chi connectivity index (χ2v) is 8.39. The van der Waals surface area contributed by atoms with Gasteiger partial charge in [0.25, 0.3) is 0 Å². The van der Waals surface area contributed by atoms with Crippen molar-refractivity contribution in [3.05, 3.63) is 30.1 Å². The van der Waals surface area contributed by atoms with Crippen LogP contribution >= 0.6 is 0 Å². The molecule has 1 aromatic rings. The number of nitrogens with one attached hydrogen (secondary N) is 1. The number of carbonyl (C=O) groups is 2. The third-order valence-corrected chi connectivity index (χ3v) is 4.46. The highest BCUT2D eigenvalue weighted by Crippen LogP contribution is 2.42. The Balaban J connectivity index is 2.42. The smallest absolute Gasteiger partial charge is 0.326 e. The zero-order valence-corrected chi connectivity index (χ0v) is 16.5. The van der Waals surface area contributed by atoms with E-state index in [2.05, 4.69) is 24.1 Å². The van der Waals surface area contributed by atoms with Gasteiger partial charge in [-0.15, -0.1) is 0 Å². The first-order valence-corrected chi connectivity index (χ1v) is 9.08. The number of hydrogen-bond acceptors (Lipinski definition) is 6. The molecule has 2 rings (SSSR count). The first-order chi connectivity index (χ1) is 12.1. The molecule has 1 aliphatic rings. The van der Waals surface area contributed by atoms with Crippen molar-refractivity contribution in [2.45, 2.75) is 64.6 Å². The average molecular weight is 362 g/mol. The maximum atomic E-state index is 13.1. The Morgan fingerprint density at radius 1 is 1.35 bits per heavy atom. The molecule has 1 fully saturated rings. The number of carbonyl (C=O) groups excluding carboxylic acids is 2. The van der Waals surface area contributed by atoms with Gasteiger partial charge in [0.05, 0.1) is 24.8 Å². The monoisotopic (exact) mass is 362 g/mol. The van der Waals surface area contributed by atoms with Gasteiger partial charge in [0, 0.05) is 6.20 Å². The standard InChI is InChI=1S/C20H30N2O4/c1-13(2)11-20(18(24)26-19(3,4)5)12-14(17(23)25-6)16(22-20)15-9-7-8-10-21-15/h7-10,13-14,16,22H,11-12H2,1-6H3/t14-,16+,20-/m0/s1. The number of hydrogen-bond donors (Lipinski definition) is 1. The van der Waals surface area contributed by atoms with Crippen LogP contribution < -0.4 is 5.32 Å². The van der Waals surface area contributed by atoms with Gasteiger partial charge in [-0.3, -0.25) is 19.9 Å². The molecule has 2 heterocycles. The van der Waals surface area contributed by atoms with E-state index < -0.39 is 23.1 Å². The summed E-state index contributed by atoms with van der Waals surface area (Å²) in [7, 11) is 1.37. The van der Waals surface area contributed by atoms with Gasteiger partial charge in [-0.1, -0.05) is 19.9 Å². The second kappa shape index (κ2) is 7.74. The van der Waals surface area contributed by atoms with Crippen LogP contribution in [0, 0.1) is 11.8 Å². The summed E-state index contributed by atoms with van der Waals surface area (Å²) < 4.78 is 10.7. The normalized spacial score (nSPS) is 26.0. The molecule has 1 saturated heterocycles. The van der Waals surface area contributed by atoms with Crippen LogP contribution in [0.15, 0.2) is 24.4 Å². The summed E-state index contributed by atoms with van der Waals surface area (Å²) in [5.41, 5.74) is -0.827. The van der Waals surface area contributed by atoms with Crippen molar-refractivity contribution in [3.63, 3.8) is 0 Å². The molecule has 0 aliphatic carbocycles. The number of aromatic nitrogens is 1. The minimum absolute atomic E-state index is 0.246. The van der Waals surface area contributed by atoms with Crippen LogP contribution in [-0.4, -0.2) is 35.2 Å². The lowest BCUT2D eigenvalue weighted by Gasteiger charge is -2.33. The van der Waals surface area contributed by atoms with Crippen LogP contribution in [-0.2, 0) is 19.1 Å². The van der Waals surface area contributed by atoms with E-state index >= 15 is 0 Å².